The molecule has 1 heterocycles. The summed E-state index contributed by atoms with van der Waals surface area (Å²) in [5.41, 5.74) is 0.937. The number of hydrogen-bond acceptors (Lipinski definition) is 2. The first-order valence-electron chi connectivity index (χ1n) is 7.10. The molecule has 0 unspecified atom stereocenters. The fourth-order valence-electron chi connectivity index (χ4n) is 2.24. The topological polar surface area (TPSA) is 41.6 Å². The highest BCUT2D eigenvalue weighted by molar-refractivity contribution is 5.54. The van der Waals surface area contributed by atoms with E-state index >= 15 is 0 Å². The van der Waals surface area contributed by atoms with Crippen LogP contribution in [-0.4, -0.2) is 9.55 Å². The zero-order valence-corrected chi connectivity index (χ0v) is 12.2. The Morgan fingerprint density at radius 2 is 1.95 bits per heavy atom. The Kier molecular flexibility index (Phi) is 4.57. The average molecular weight is 267 g/mol. The third-order valence-corrected chi connectivity index (χ3v) is 3.50. The molecule has 1 aromatic carbocycles. The summed E-state index contributed by atoms with van der Waals surface area (Å²) in [6.07, 6.45) is 6.95. The fraction of sp³-hybridized carbons (Fsp3) is 0.412. The van der Waals surface area contributed by atoms with Crippen molar-refractivity contribution >= 4 is 0 Å². The van der Waals surface area contributed by atoms with E-state index in [9.17, 15) is 0 Å². The maximum Gasteiger partial charge on any atom is 0.139 e. The van der Waals surface area contributed by atoms with Gasteiger partial charge in [0.2, 0.25) is 0 Å². The Morgan fingerprint density at radius 3 is 2.65 bits per heavy atom. The van der Waals surface area contributed by atoms with E-state index in [1.54, 1.807) is 0 Å². The molecule has 1 aromatic heterocycles. The molecule has 0 fully saturated rings. The highest BCUT2D eigenvalue weighted by Gasteiger charge is 2.15. The van der Waals surface area contributed by atoms with Gasteiger partial charge in [-0.25, -0.2) is 4.98 Å². The third kappa shape index (κ3) is 3.71. The van der Waals surface area contributed by atoms with E-state index in [-0.39, 0.29) is 5.41 Å². The molecule has 0 radical (unpaired) electrons. The lowest BCUT2D eigenvalue weighted by Crippen LogP contribution is -2.08. The van der Waals surface area contributed by atoms with Crippen molar-refractivity contribution in [2.45, 2.75) is 39.7 Å². The van der Waals surface area contributed by atoms with Crippen molar-refractivity contribution in [3.05, 3.63) is 42.7 Å². The predicted molar refractivity (Wildman–Crippen MR) is 80.9 cm³/mol. The van der Waals surface area contributed by atoms with Crippen LogP contribution in [0.15, 0.2) is 42.7 Å². The van der Waals surface area contributed by atoms with Crippen LogP contribution in [0, 0.1) is 16.7 Å². The largest absolute Gasteiger partial charge is 0.331 e. The first-order valence-corrected chi connectivity index (χ1v) is 7.10. The summed E-state index contributed by atoms with van der Waals surface area (Å²) in [6, 6.07) is 12.6. The van der Waals surface area contributed by atoms with Crippen LogP contribution in [-0.2, 0) is 6.54 Å². The second kappa shape index (κ2) is 6.38. The lowest BCUT2D eigenvalue weighted by molar-refractivity contribution is 0.417. The van der Waals surface area contributed by atoms with Crippen LogP contribution in [0.1, 0.15) is 33.1 Å². The van der Waals surface area contributed by atoms with Crippen LogP contribution in [0.25, 0.3) is 11.4 Å². The van der Waals surface area contributed by atoms with Gasteiger partial charge < -0.3 is 4.57 Å². The normalized spacial score (nSPS) is 11.2. The smallest absolute Gasteiger partial charge is 0.139 e. The Balaban J connectivity index is 1.92. The Morgan fingerprint density at radius 1 is 1.20 bits per heavy atom. The van der Waals surface area contributed by atoms with E-state index < -0.39 is 0 Å². The monoisotopic (exact) mass is 267 g/mol. The van der Waals surface area contributed by atoms with Gasteiger partial charge in [0.15, 0.2) is 0 Å². The van der Waals surface area contributed by atoms with Gasteiger partial charge in [0.1, 0.15) is 5.82 Å². The van der Waals surface area contributed by atoms with Gasteiger partial charge in [0, 0.05) is 24.5 Å². The van der Waals surface area contributed by atoms with Crippen molar-refractivity contribution in [2.75, 3.05) is 0 Å². The molecule has 0 aliphatic carbocycles. The van der Waals surface area contributed by atoms with Crippen molar-refractivity contribution in [2.24, 2.45) is 5.41 Å². The summed E-state index contributed by atoms with van der Waals surface area (Å²) in [6.45, 7) is 4.95. The average Bonchev–Trinajstić information content (AvgIpc) is 2.93. The Hall–Kier alpha value is -2.08. The van der Waals surface area contributed by atoms with Crippen molar-refractivity contribution < 1.29 is 0 Å². The Bertz CT molecular complexity index is 576. The third-order valence-electron chi connectivity index (χ3n) is 3.50. The van der Waals surface area contributed by atoms with E-state index in [4.69, 9.17) is 5.26 Å². The molecule has 0 saturated heterocycles. The number of benzene rings is 1. The van der Waals surface area contributed by atoms with E-state index in [0.29, 0.717) is 0 Å². The number of nitrogens with zero attached hydrogens (tertiary/aromatic N) is 3. The lowest BCUT2D eigenvalue weighted by Gasteiger charge is -2.14. The van der Waals surface area contributed by atoms with Crippen molar-refractivity contribution in [1.82, 2.24) is 9.55 Å². The summed E-state index contributed by atoms with van der Waals surface area (Å²) in [5, 5.41) is 9.00. The minimum Gasteiger partial charge on any atom is -0.331 e. The zero-order valence-electron chi connectivity index (χ0n) is 12.2. The maximum atomic E-state index is 9.00. The molecule has 3 nitrogen and oxygen atoms in total. The second-order valence-electron chi connectivity index (χ2n) is 5.76. The Labute approximate surface area is 120 Å². The number of rotatable bonds is 6. The number of hydrogen-bond donors (Lipinski definition) is 0. The molecular weight excluding hydrogens is 246 g/mol. The summed E-state index contributed by atoms with van der Waals surface area (Å²) in [7, 11) is 0. The van der Waals surface area contributed by atoms with Crippen LogP contribution >= 0.6 is 0 Å². The fourth-order valence-corrected chi connectivity index (χ4v) is 2.24. The molecule has 0 spiro atoms. The molecule has 104 valence electrons. The molecule has 0 atom stereocenters. The zero-order chi connectivity index (χ0) is 14.4. The number of imidazole rings is 1. The molecule has 0 aliphatic rings. The summed E-state index contributed by atoms with van der Waals surface area (Å²) < 4.78 is 2.19. The van der Waals surface area contributed by atoms with Gasteiger partial charge in [0.25, 0.3) is 0 Å². The van der Waals surface area contributed by atoms with Crippen molar-refractivity contribution in [3.63, 3.8) is 0 Å². The minimum atomic E-state index is -0.211. The summed E-state index contributed by atoms with van der Waals surface area (Å²) >= 11 is 0. The quantitative estimate of drug-likeness (QED) is 0.733. The summed E-state index contributed by atoms with van der Waals surface area (Å²) in [5.74, 6) is 1.02. The van der Waals surface area contributed by atoms with Gasteiger partial charge in [-0.3, -0.25) is 0 Å². The number of nitriles is 1. The molecule has 20 heavy (non-hydrogen) atoms. The van der Waals surface area contributed by atoms with Gasteiger partial charge >= 0.3 is 0 Å². The van der Waals surface area contributed by atoms with Gasteiger partial charge in [-0.2, -0.15) is 5.26 Å². The van der Waals surface area contributed by atoms with E-state index in [1.165, 1.54) is 0 Å². The van der Waals surface area contributed by atoms with Gasteiger partial charge in [-0.1, -0.05) is 36.8 Å². The molecule has 0 aliphatic heterocycles. The van der Waals surface area contributed by atoms with Crippen LogP contribution in [0.4, 0.5) is 0 Å². The van der Waals surface area contributed by atoms with Crippen molar-refractivity contribution in [1.29, 1.82) is 5.26 Å². The minimum absolute atomic E-state index is 0.211. The first-order chi connectivity index (χ1) is 9.62. The molecule has 2 rings (SSSR count). The van der Waals surface area contributed by atoms with Crippen LogP contribution in [0.5, 0.6) is 0 Å². The molecule has 0 bridgehead atoms. The standard InChI is InChI=1S/C17H21N3/c1-17(2,14-18)10-6-7-12-20-13-11-19-16(20)15-8-4-3-5-9-15/h3-5,8-9,11,13H,6-7,10,12H2,1-2H3. The predicted octanol–water partition coefficient (Wildman–Crippen LogP) is 4.27. The number of aromatic nitrogens is 2. The van der Waals surface area contributed by atoms with E-state index in [2.05, 4.69) is 27.8 Å². The second-order valence-corrected chi connectivity index (χ2v) is 5.76. The highest BCUT2D eigenvalue weighted by atomic mass is 15.1. The van der Waals surface area contributed by atoms with Crippen LogP contribution < -0.4 is 0 Å². The van der Waals surface area contributed by atoms with Crippen LogP contribution in [0.3, 0.4) is 0 Å². The lowest BCUT2D eigenvalue weighted by atomic mass is 9.89. The molecule has 2 aromatic rings. The highest BCUT2D eigenvalue weighted by Crippen LogP contribution is 2.22. The number of unbranched alkanes of at least 4 members (excludes halogenated alkanes) is 1. The van der Waals surface area contributed by atoms with Crippen molar-refractivity contribution in [3.8, 4) is 17.5 Å². The molecule has 0 saturated carbocycles. The van der Waals surface area contributed by atoms with Gasteiger partial charge in [-0.05, 0) is 26.7 Å². The molecule has 0 N–H and O–H groups in total. The van der Waals surface area contributed by atoms with Crippen LogP contribution in [0.2, 0.25) is 0 Å². The van der Waals surface area contributed by atoms with Gasteiger partial charge in [-0.15, -0.1) is 0 Å². The number of aryl methyl sites for hydroxylation is 1. The summed E-state index contributed by atoms with van der Waals surface area (Å²) in [4.78, 5) is 4.44. The maximum absolute atomic E-state index is 9.00. The molecular formula is C17H21N3. The molecule has 3 heteroatoms. The van der Waals surface area contributed by atoms with Gasteiger partial charge in [0.05, 0.1) is 11.5 Å². The molecule has 0 amide bonds. The first kappa shape index (κ1) is 14.3. The van der Waals surface area contributed by atoms with E-state index in [0.717, 1.165) is 37.2 Å². The SMILES string of the molecule is CC(C)(C#N)CCCCn1ccnc1-c1ccccc1. The van der Waals surface area contributed by atoms with E-state index in [1.807, 2.05) is 44.4 Å².